The second-order valence-electron chi connectivity index (χ2n) is 4.02. The van der Waals surface area contributed by atoms with Crippen molar-refractivity contribution in [3.05, 3.63) is 36.5 Å². The monoisotopic (exact) mass is 271 g/mol. The Kier molecular flexibility index (Phi) is 3.05. The molecule has 2 aromatic heterocycles. The SMILES string of the molecule is CCOc1ccc2nc(-c3ncccc3N)sc2c1. The van der Waals surface area contributed by atoms with E-state index in [0.29, 0.717) is 12.3 Å². The zero-order chi connectivity index (χ0) is 13.2. The Morgan fingerprint density at radius 1 is 1.32 bits per heavy atom. The van der Waals surface area contributed by atoms with Crippen LogP contribution in [0.15, 0.2) is 36.5 Å². The van der Waals surface area contributed by atoms with Crippen molar-refractivity contribution in [3.63, 3.8) is 0 Å². The first kappa shape index (κ1) is 11.9. The summed E-state index contributed by atoms with van der Waals surface area (Å²) >= 11 is 1.57. The molecule has 0 spiro atoms. The van der Waals surface area contributed by atoms with E-state index in [0.717, 1.165) is 26.7 Å². The maximum absolute atomic E-state index is 5.93. The number of nitrogen functional groups attached to an aromatic ring is 1. The Morgan fingerprint density at radius 2 is 2.21 bits per heavy atom. The van der Waals surface area contributed by atoms with Crippen LogP contribution < -0.4 is 10.5 Å². The molecule has 0 bridgehead atoms. The van der Waals surface area contributed by atoms with Gasteiger partial charge in [0, 0.05) is 6.20 Å². The second-order valence-corrected chi connectivity index (χ2v) is 5.05. The number of pyridine rings is 1. The number of nitrogens with two attached hydrogens (primary N) is 1. The molecule has 19 heavy (non-hydrogen) atoms. The van der Waals surface area contributed by atoms with Crippen molar-refractivity contribution in [1.82, 2.24) is 9.97 Å². The van der Waals surface area contributed by atoms with Gasteiger partial charge < -0.3 is 10.5 Å². The summed E-state index contributed by atoms with van der Waals surface area (Å²) in [6, 6.07) is 9.54. The van der Waals surface area contributed by atoms with Gasteiger partial charge in [0.05, 0.1) is 22.5 Å². The number of thiazole rings is 1. The minimum Gasteiger partial charge on any atom is -0.494 e. The van der Waals surface area contributed by atoms with Gasteiger partial charge in [-0.1, -0.05) is 0 Å². The fourth-order valence-electron chi connectivity index (χ4n) is 1.86. The van der Waals surface area contributed by atoms with E-state index in [2.05, 4.69) is 9.97 Å². The van der Waals surface area contributed by atoms with Crippen molar-refractivity contribution >= 4 is 27.2 Å². The van der Waals surface area contributed by atoms with Gasteiger partial charge in [0.15, 0.2) is 0 Å². The highest BCUT2D eigenvalue weighted by atomic mass is 32.1. The summed E-state index contributed by atoms with van der Waals surface area (Å²) in [6.45, 7) is 2.63. The Morgan fingerprint density at radius 3 is 3.00 bits per heavy atom. The third-order valence-electron chi connectivity index (χ3n) is 2.71. The van der Waals surface area contributed by atoms with Gasteiger partial charge >= 0.3 is 0 Å². The molecule has 96 valence electrons. The summed E-state index contributed by atoms with van der Waals surface area (Å²) in [5.41, 5.74) is 8.25. The predicted octanol–water partition coefficient (Wildman–Crippen LogP) is 3.34. The summed E-state index contributed by atoms with van der Waals surface area (Å²) in [6.07, 6.45) is 1.73. The van der Waals surface area contributed by atoms with Crippen LogP contribution in [0.3, 0.4) is 0 Å². The van der Waals surface area contributed by atoms with Crippen LogP contribution in [-0.4, -0.2) is 16.6 Å². The van der Waals surface area contributed by atoms with E-state index >= 15 is 0 Å². The highest BCUT2D eigenvalue weighted by Gasteiger charge is 2.10. The summed E-state index contributed by atoms with van der Waals surface area (Å²) in [7, 11) is 0. The number of ether oxygens (including phenoxy) is 1. The lowest BCUT2D eigenvalue weighted by atomic mass is 10.3. The first-order chi connectivity index (χ1) is 9.28. The van der Waals surface area contributed by atoms with Crippen LogP contribution in [0.1, 0.15) is 6.92 Å². The van der Waals surface area contributed by atoms with Crippen LogP contribution >= 0.6 is 11.3 Å². The average Bonchev–Trinajstić information content (AvgIpc) is 2.82. The number of fused-ring (bicyclic) bond motifs is 1. The lowest BCUT2D eigenvalue weighted by Crippen LogP contribution is -1.91. The Bertz CT molecular complexity index is 724. The minimum absolute atomic E-state index is 0.645. The average molecular weight is 271 g/mol. The summed E-state index contributed by atoms with van der Waals surface area (Å²) in [5, 5.41) is 0.835. The van der Waals surface area contributed by atoms with E-state index in [9.17, 15) is 0 Å². The molecule has 0 aliphatic carbocycles. The van der Waals surface area contributed by atoms with Crippen molar-refractivity contribution in [2.45, 2.75) is 6.92 Å². The maximum atomic E-state index is 5.93. The standard InChI is InChI=1S/C14H13N3OS/c1-2-18-9-5-6-11-12(8-9)19-14(17-11)13-10(15)4-3-7-16-13/h3-8H,2,15H2,1H3. The molecule has 0 aliphatic heterocycles. The highest BCUT2D eigenvalue weighted by molar-refractivity contribution is 7.21. The molecule has 0 aliphatic rings. The van der Waals surface area contributed by atoms with Gasteiger partial charge in [-0.2, -0.15) is 0 Å². The Balaban J connectivity index is 2.09. The quantitative estimate of drug-likeness (QED) is 0.793. The lowest BCUT2D eigenvalue weighted by molar-refractivity contribution is 0.341. The first-order valence-corrected chi connectivity index (χ1v) is 6.84. The molecule has 0 saturated carbocycles. The molecular formula is C14H13N3OS. The topological polar surface area (TPSA) is 61.0 Å². The van der Waals surface area contributed by atoms with Crippen LogP contribution in [0.25, 0.3) is 20.9 Å². The van der Waals surface area contributed by atoms with Crippen molar-refractivity contribution in [3.8, 4) is 16.5 Å². The van der Waals surface area contributed by atoms with Crippen molar-refractivity contribution in [2.24, 2.45) is 0 Å². The van der Waals surface area contributed by atoms with E-state index < -0.39 is 0 Å². The maximum Gasteiger partial charge on any atom is 0.145 e. The van der Waals surface area contributed by atoms with Crippen LogP contribution in [0.5, 0.6) is 5.75 Å². The van der Waals surface area contributed by atoms with Crippen LogP contribution in [0, 0.1) is 0 Å². The van der Waals surface area contributed by atoms with Crippen LogP contribution in [0.4, 0.5) is 5.69 Å². The van der Waals surface area contributed by atoms with E-state index in [4.69, 9.17) is 10.5 Å². The smallest absolute Gasteiger partial charge is 0.145 e. The fourth-order valence-corrected chi connectivity index (χ4v) is 2.87. The van der Waals surface area contributed by atoms with Gasteiger partial charge in [-0.15, -0.1) is 11.3 Å². The molecule has 1 aromatic carbocycles. The summed E-state index contributed by atoms with van der Waals surface area (Å²) in [4.78, 5) is 8.86. The third kappa shape index (κ3) is 2.24. The van der Waals surface area contributed by atoms with Gasteiger partial charge in [0.2, 0.25) is 0 Å². The summed E-state index contributed by atoms with van der Waals surface area (Å²) in [5.74, 6) is 0.860. The molecule has 0 fully saturated rings. The molecule has 3 rings (SSSR count). The second kappa shape index (κ2) is 4.85. The molecule has 0 saturated heterocycles. The molecule has 2 N–H and O–H groups in total. The molecule has 3 aromatic rings. The molecule has 0 unspecified atom stereocenters. The zero-order valence-electron chi connectivity index (χ0n) is 10.5. The Labute approximate surface area is 114 Å². The number of rotatable bonds is 3. The number of anilines is 1. The van der Waals surface area contributed by atoms with Crippen molar-refractivity contribution in [1.29, 1.82) is 0 Å². The molecule has 0 radical (unpaired) electrons. The zero-order valence-corrected chi connectivity index (χ0v) is 11.3. The predicted molar refractivity (Wildman–Crippen MR) is 78.4 cm³/mol. The number of hydrogen-bond acceptors (Lipinski definition) is 5. The van der Waals surface area contributed by atoms with Gasteiger partial charge in [-0.05, 0) is 37.3 Å². The van der Waals surface area contributed by atoms with E-state index in [1.54, 1.807) is 17.5 Å². The molecular weight excluding hydrogens is 258 g/mol. The first-order valence-electron chi connectivity index (χ1n) is 6.02. The molecule has 5 heteroatoms. The molecule has 0 amide bonds. The van der Waals surface area contributed by atoms with E-state index in [1.807, 2.05) is 37.3 Å². The summed E-state index contributed by atoms with van der Waals surface area (Å²) < 4.78 is 6.57. The third-order valence-corrected chi connectivity index (χ3v) is 3.74. The Hall–Kier alpha value is -2.14. The number of aromatic nitrogens is 2. The molecule has 2 heterocycles. The highest BCUT2D eigenvalue weighted by Crippen LogP contribution is 2.33. The van der Waals surface area contributed by atoms with Crippen LogP contribution in [0.2, 0.25) is 0 Å². The largest absolute Gasteiger partial charge is 0.494 e. The number of benzene rings is 1. The lowest BCUT2D eigenvalue weighted by Gasteiger charge is -2.00. The van der Waals surface area contributed by atoms with Gasteiger partial charge in [0.1, 0.15) is 16.5 Å². The van der Waals surface area contributed by atoms with Crippen LogP contribution in [-0.2, 0) is 0 Å². The van der Waals surface area contributed by atoms with Gasteiger partial charge in [-0.3, -0.25) is 4.98 Å². The minimum atomic E-state index is 0.645. The van der Waals surface area contributed by atoms with Crippen molar-refractivity contribution in [2.75, 3.05) is 12.3 Å². The normalized spacial score (nSPS) is 10.8. The van der Waals surface area contributed by atoms with E-state index in [1.165, 1.54) is 0 Å². The molecule has 0 atom stereocenters. The van der Waals surface area contributed by atoms with E-state index in [-0.39, 0.29) is 0 Å². The van der Waals surface area contributed by atoms with Gasteiger partial charge in [-0.25, -0.2) is 4.98 Å². The number of nitrogens with zero attached hydrogens (tertiary/aromatic N) is 2. The van der Waals surface area contributed by atoms with Crippen molar-refractivity contribution < 1.29 is 4.74 Å². The number of hydrogen-bond donors (Lipinski definition) is 1. The molecule has 4 nitrogen and oxygen atoms in total. The fraction of sp³-hybridized carbons (Fsp3) is 0.143. The van der Waals surface area contributed by atoms with Gasteiger partial charge in [0.25, 0.3) is 0 Å².